The summed E-state index contributed by atoms with van der Waals surface area (Å²) in [5.74, 6) is -0.213. The van der Waals surface area contributed by atoms with Gasteiger partial charge in [0.2, 0.25) is 0 Å². The summed E-state index contributed by atoms with van der Waals surface area (Å²) < 4.78 is 0. The van der Waals surface area contributed by atoms with Crippen LogP contribution in [-0.4, -0.2) is 32.5 Å². The Kier molecular flexibility index (Phi) is 4.65. The number of nitrogens with two attached hydrogens (primary N) is 1. The minimum absolute atomic E-state index is 0.0665. The molecule has 3 rings (SSSR count). The molecule has 5 N–H and O–H groups in total. The van der Waals surface area contributed by atoms with Crippen molar-refractivity contribution in [2.24, 2.45) is 5.73 Å². The number of carbonyl (C=O) groups excluding carboxylic acids is 1. The molecule has 0 radical (unpaired) electrons. The number of carbonyl (C=O) groups is 1. The molecule has 0 aliphatic rings. The van der Waals surface area contributed by atoms with Gasteiger partial charge in [-0.05, 0) is 30.7 Å². The fraction of sp³-hybridized carbons (Fsp3) is 0.158. The largest absolute Gasteiger partial charge is 0.506 e. The monoisotopic (exact) mass is 337 g/mol. The van der Waals surface area contributed by atoms with Gasteiger partial charge in [-0.3, -0.25) is 4.79 Å². The first-order chi connectivity index (χ1) is 12.0. The van der Waals surface area contributed by atoms with E-state index in [1.54, 1.807) is 24.3 Å². The molecule has 128 valence electrons. The average molecular weight is 337 g/mol. The predicted octanol–water partition coefficient (Wildman–Crippen LogP) is 2.57. The number of aromatic amines is 1. The van der Waals surface area contributed by atoms with Crippen LogP contribution in [0.15, 0.2) is 48.5 Å². The number of para-hydroxylation sites is 2. The highest BCUT2D eigenvalue weighted by molar-refractivity contribution is 6.25. The standard InChI is InChI=1S/C19H19N3O3/c1-11(23)17(19-21-14-7-2-3-8-15(14)22-19)18(25)13-6-4-5-12(9-13)16(24)10-20/h2-9,16,24-25H,10,20H2,1H3,(H,21,22). The number of aliphatic hydroxyl groups excluding tert-OH is 2. The highest BCUT2D eigenvalue weighted by Crippen LogP contribution is 2.27. The molecule has 6 nitrogen and oxygen atoms in total. The second-order valence-corrected chi connectivity index (χ2v) is 5.76. The minimum Gasteiger partial charge on any atom is -0.506 e. The van der Waals surface area contributed by atoms with E-state index in [1.165, 1.54) is 6.92 Å². The molecular weight excluding hydrogens is 318 g/mol. The van der Waals surface area contributed by atoms with Crippen molar-refractivity contribution in [3.05, 3.63) is 65.5 Å². The van der Waals surface area contributed by atoms with Crippen molar-refractivity contribution < 1.29 is 15.0 Å². The normalized spacial score (nSPS) is 13.6. The lowest BCUT2D eigenvalue weighted by molar-refractivity contribution is -0.111. The smallest absolute Gasteiger partial charge is 0.167 e. The number of Topliss-reactive ketones (excluding diaryl/α,β-unsaturated/α-hetero) is 1. The first-order valence-electron chi connectivity index (χ1n) is 7.89. The van der Waals surface area contributed by atoms with Crippen LogP contribution in [0.2, 0.25) is 0 Å². The molecular formula is C19H19N3O3. The number of hydrogen-bond donors (Lipinski definition) is 4. The number of benzene rings is 2. The highest BCUT2D eigenvalue weighted by Gasteiger charge is 2.19. The Morgan fingerprint density at radius 2 is 2.00 bits per heavy atom. The molecule has 1 aromatic heterocycles. The number of aliphatic hydroxyl groups is 2. The molecule has 1 atom stereocenters. The van der Waals surface area contributed by atoms with Gasteiger partial charge in [0.05, 0.1) is 17.1 Å². The number of allylic oxidation sites excluding steroid dienone is 1. The molecule has 0 amide bonds. The Balaban J connectivity index is 2.14. The van der Waals surface area contributed by atoms with E-state index >= 15 is 0 Å². The Morgan fingerprint density at radius 3 is 2.68 bits per heavy atom. The Labute approximate surface area is 144 Å². The van der Waals surface area contributed by atoms with E-state index in [4.69, 9.17) is 5.73 Å². The van der Waals surface area contributed by atoms with Crippen LogP contribution in [-0.2, 0) is 4.79 Å². The van der Waals surface area contributed by atoms with Gasteiger partial charge in [-0.2, -0.15) is 0 Å². The van der Waals surface area contributed by atoms with Gasteiger partial charge in [0, 0.05) is 12.1 Å². The summed E-state index contributed by atoms with van der Waals surface area (Å²) in [7, 11) is 0. The fourth-order valence-corrected chi connectivity index (χ4v) is 2.69. The second kappa shape index (κ2) is 6.88. The Hall–Kier alpha value is -2.96. The van der Waals surface area contributed by atoms with Crippen molar-refractivity contribution in [1.29, 1.82) is 0 Å². The van der Waals surface area contributed by atoms with Gasteiger partial charge in [0.15, 0.2) is 5.78 Å². The summed E-state index contributed by atoms with van der Waals surface area (Å²) in [5, 5.41) is 20.6. The van der Waals surface area contributed by atoms with Crippen LogP contribution in [0.1, 0.15) is 30.0 Å². The third-order valence-corrected chi connectivity index (χ3v) is 3.98. The third kappa shape index (κ3) is 3.31. The summed E-state index contributed by atoms with van der Waals surface area (Å²) >= 11 is 0. The lowest BCUT2D eigenvalue weighted by atomic mass is 10.0. The predicted molar refractivity (Wildman–Crippen MR) is 96.7 cm³/mol. The minimum atomic E-state index is -0.834. The van der Waals surface area contributed by atoms with E-state index < -0.39 is 6.10 Å². The van der Waals surface area contributed by atoms with Gasteiger partial charge in [-0.15, -0.1) is 0 Å². The molecule has 0 aliphatic heterocycles. The molecule has 6 heteroatoms. The Morgan fingerprint density at radius 1 is 1.24 bits per heavy atom. The number of ketones is 1. The van der Waals surface area contributed by atoms with Crippen LogP contribution in [0.4, 0.5) is 0 Å². The van der Waals surface area contributed by atoms with Crippen molar-refractivity contribution in [3.63, 3.8) is 0 Å². The molecule has 0 saturated heterocycles. The summed E-state index contributed by atoms with van der Waals surface area (Å²) in [5.41, 5.74) is 8.03. The van der Waals surface area contributed by atoms with Crippen LogP contribution in [0.5, 0.6) is 0 Å². The van der Waals surface area contributed by atoms with Crippen molar-refractivity contribution in [2.75, 3.05) is 6.54 Å². The average Bonchev–Trinajstić information content (AvgIpc) is 3.04. The van der Waals surface area contributed by atoms with E-state index in [-0.39, 0.29) is 23.7 Å². The van der Waals surface area contributed by atoms with Gasteiger partial charge in [0.1, 0.15) is 17.2 Å². The summed E-state index contributed by atoms with van der Waals surface area (Å²) in [4.78, 5) is 19.6. The molecule has 0 spiro atoms. The zero-order chi connectivity index (χ0) is 18.0. The number of hydrogen-bond acceptors (Lipinski definition) is 5. The van der Waals surface area contributed by atoms with Crippen LogP contribution in [0.25, 0.3) is 22.4 Å². The lowest BCUT2D eigenvalue weighted by Crippen LogP contribution is -2.11. The molecule has 0 bridgehead atoms. The Bertz CT molecular complexity index is 926. The van der Waals surface area contributed by atoms with Crippen molar-refractivity contribution in [2.45, 2.75) is 13.0 Å². The molecule has 1 heterocycles. The molecule has 25 heavy (non-hydrogen) atoms. The maximum absolute atomic E-state index is 12.2. The fourth-order valence-electron chi connectivity index (χ4n) is 2.69. The zero-order valence-electron chi connectivity index (χ0n) is 13.7. The number of H-pyrrole nitrogens is 1. The van der Waals surface area contributed by atoms with Crippen molar-refractivity contribution >= 4 is 28.1 Å². The van der Waals surface area contributed by atoms with E-state index in [0.717, 1.165) is 5.52 Å². The number of nitrogens with one attached hydrogen (secondary N) is 1. The van der Waals surface area contributed by atoms with Crippen LogP contribution in [0.3, 0.4) is 0 Å². The van der Waals surface area contributed by atoms with Crippen LogP contribution >= 0.6 is 0 Å². The third-order valence-electron chi connectivity index (χ3n) is 3.98. The number of nitrogens with zero attached hydrogens (tertiary/aromatic N) is 1. The molecule has 0 aliphatic carbocycles. The van der Waals surface area contributed by atoms with Gasteiger partial charge in [-0.25, -0.2) is 4.98 Å². The van der Waals surface area contributed by atoms with E-state index in [9.17, 15) is 15.0 Å². The highest BCUT2D eigenvalue weighted by atomic mass is 16.3. The van der Waals surface area contributed by atoms with Gasteiger partial charge in [0.25, 0.3) is 0 Å². The van der Waals surface area contributed by atoms with Crippen LogP contribution < -0.4 is 5.73 Å². The SMILES string of the molecule is CC(=O)C(=C(O)c1cccc(C(O)CN)c1)c1nc2ccccc2[nH]1. The first kappa shape index (κ1) is 16.9. The number of aromatic nitrogens is 2. The molecule has 0 fully saturated rings. The summed E-state index contributed by atoms with van der Waals surface area (Å²) in [6, 6.07) is 14.0. The van der Waals surface area contributed by atoms with E-state index in [1.807, 2.05) is 24.3 Å². The molecule has 0 saturated carbocycles. The molecule has 1 unspecified atom stereocenters. The van der Waals surface area contributed by atoms with Crippen molar-refractivity contribution in [1.82, 2.24) is 9.97 Å². The maximum Gasteiger partial charge on any atom is 0.167 e. The van der Waals surface area contributed by atoms with E-state index in [0.29, 0.717) is 22.5 Å². The summed E-state index contributed by atoms with van der Waals surface area (Å²) in [6.07, 6.45) is -0.834. The van der Waals surface area contributed by atoms with Gasteiger partial charge in [-0.1, -0.05) is 30.3 Å². The van der Waals surface area contributed by atoms with Crippen LogP contribution in [0, 0.1) is 0 Å². The topological polar surface area (TPSA) is 112 Å². The second-order valence-electron chi connectivity index (χ2n) is 5.76. The number of rotatable bonds is 5. The quantitative estimate of drug-likeness (QED) is 0.422. The zero-order valence-corrected chi connectivity index (χ0v) is 13.7. The lowest BCUT2D eigenvalue weighted by Gasteiger charge is -2.11. The molecule has 2 aromatic carbocycles. The molecule has 3 aromatic rings. The summed E-state index contributed by atoms with van der Waals surface area (Å²) in [6.45, 7) is 1.44. The van der Waals surface area contributed by atoms with Gasteiger partial charge >= 0.3 is 0 Å². The van der Waals surface area contributed by atoms with Gasteiger partial charge < -0.3 is 20.9 Å². The maximum atomic E-state index is 12.2. The number of fused-ring (bicyclic) bond motifs is 1. The van der Waals surface area contributed by atoms with Crippen molar-refractivity contribution in [3.8, 4) is 0 Å². The first-order valence-corrected chi connectivity index (χ1v) is 7.89. The van der Waals surface area contributed by atoms with E-state index in [2.05, 4.69) is 9.97 Å². The number of imidazole rings is 1.